The summed E-state index contributed by atoms with van der Waals surface area (Å²) in [6.45, 7) is -0.0333. The van der Waals surface area contributed by atoms with Crippen molar-refractivity contribution in [3.05, 3.63) is 17.8 Å². The van der Waals surface area contributed by atoms with Crippen LogP contribution < -0.4 is 11.3 Å². The molecular weight excluding hydrogens is 185 g/mol. The number of hydrogen-bond acceptors (Lipinski definition) is 3. The zero-order chi connectivity index (χ0) is 9.14. The van der Waals surface area contributed by atoms with Gasteiger partial charge in [0, 0.05) is 6.20 Å². The molecule has 1 aromatic heterocycles. The Morgan fingerprint density at radius 3 is 2.92 bits per heavy atom. The van der Waals surface area contributed by atoms with Crippen LogP contribution in [0.4, 0.5) is 10.3 Å². The van der Waals surface area contributed by atoms with Crippen molar-refractivity contribution in [2.24, 2.45) is 0 Å². The Morgan fingerprint density at radius 1 is 1.83 bits per heavy atom. The Balaban J connectivity index is 2.92. The molecule has 1 heterocycles. The van der Waals surface area contributed by atoms with E-state index in [4.69, 9.17) is 10.3 Å². The predicted octanol–water partition coefficient (Wildman–Crippen LogP) is 0.0292. The Labute approximate surface area is 70.7 Å². The van der Waals surface area contributed by atoms with E-state index in [1.54, 1.807) is 0 Å². The van der Waals surface area contributed by atoms with Crippen LogP contribution >= 0.6 is 0 Å². The first-order valence-corrected chi connectivity index (χ1v) is 4.13. The van der Waals surface area contributed by atoms with E-state index in [9.17, 15) is 8.69 Å². The van der Waals surface area contributed by atoms with E-state index in [0.29, 0.717) is 5.56 Å². The summed E-state index contributed by atoms with van der Waals surface area (Å²) in [5, 5.41) is 0. The number of nitrogen functional groups attached to an aromatic ring is 1. The van der Waals surface area contributed by atoms with E-state index in [2.05, 4.69) is 0 Å². The third-order valence-corrected chi connectivity index (χ3v) is 1.96. The van der Waals surface area contributed by atoms with Crippen molar-refractivity contribution < 1.29 is 13.2 Å². The van der Waals surface area contributed by atoms with E-state index >= 15 is 0 Å². The number of hydrogen-bond donors (Lipinski definition) is 3. The normalized spacial score (nSPS) is 13.2. The van der Waals surface area contributed by atoms with Gasteiger partial charge in [-0.1, -0.05) is 0 Å². The molecule has 0 saturated heterocycles. The van der Waals surface area contributed by atoms with Gasteiger partial charge in [-0.15, -0.1) is 4.48 Å². The van der Waals surface area contributed by atoms with Crippen LogP contribution in [-0.2, 0) is 17.8 Å². The molecule has 1 unspecified atom stereocenters. The summed E-state index contributed by atoms with van der Waals surface area (Å²) in [7, 11) is 0. The van der Waals surface area contributed by atoms with E-state index in [0.717, 1.165) is 3.97 Å². The van der Waals surface area contributed by atoms with Crippen molar-refractivity contribution in [3.8, 4) is 0 Å². The van der Waals surface area contributed by atoms with Crippen molar-refractivity contribution in [1.29, 1.82) is 0 Å². The first kappa shape index (κ1) is 9.17. The molecule has 12 heavy (non-hydrogen) atoms. The SMILES string of the molecule is Nc1cc(CNF)cn1S(=O)O. The van der Waals surface area contributed by atoms with Crippen molar-refractivity contribution in [1.82, 2.24) is 9.51 Å². The summed E-state index contributed by atoms with van der Waals surface area (Å²) in [5.74, 6) is 0.126. The van der Waals surface area contributed by atoms with Crippen molar-refractivity contribution in [2.45, 2.75) is 6.54 Å². The molecule has 0 aliphatic heterocycles. The van der Waals surface area contributed by atoms with E-state index in [1.807, 2.05) is 0 Å². The topological polar surface area (TPSA) is 80.3 Å². The zero-order valence-corrected chi connectivity index (χ0v) is 6.84. The Morgan fingerprint density at radius 2 is 2.50 bits per heavy atom. The molecule has 0 aromatic carbocycles. The van der Waals surface area contributed by atoms with Crippen LogP contribution in [0.5, 0.6) is 0 Å². The second-order valence-electron chi connectivity index (χ2n) is 2.14. The number of halogens is 1. The lowest BCUT2D eigenvalue weighted by atomic mass is 10.3. The maximum absolute atomic E-state index is 11.6. The molecule has 0 amide bonds. The molecule has 0 aliphatic carbocycles. The highest BCUT2D eigenvalue weighted by atomic mass is 32.2. The van der Waals surface area contributed by atoms with Gasteiger partial charge in [0.15, 0.2) is 0 Å². The molecule has 0 saturated carbocycles. The van der Waals surface area contributed by atoms with Crippen LogP contribution in [0.2, 0.25) is 0 Å². The molecule has 7 heteroatoms. The van der Waals surface area contributed by atoms with Gasteiger partial charge in [-0.05, 0) is 11.6 Å². The van der Waals surface area contributed by atoms with Crippen molar-refractivity contribution >= 4 is 17.1 Å². The van der Waals surface area contributed by atoms with Crippen LogP contribution in [0.1, 0.15) is 5.56 Å². The van der Waals surface area contributed by atoms with Crippen LogP contribution in [0.3, 0.4) is 0 Å². The van der Waals surface area contributed by atoms with Crippen LogP contribution in [0.15, 0.2) is 12.3 Å². The predicted molar refractivity (Wildman–Crippen MR) is 43.0 cm³/mol. The lowest BCUT2D eigenvalue weighted by Crippen LogP contribution is -2.04. The summed E-state index contributed by atoms with van der Waals surface area (Å²) in [6.07, 6.45) is 1.30. The smallest absolute Gasteiger partial charge is 0.267 e. The quantitative estimate of drug-likeness (QED) is 0.467. The highest BCUT2D eigenvalue weighted by Gasteiger charge is 2.05. The van der Waals surface area contributed by atoms with Crippen LogP contribution in [0, 0.1) is 0 Å². The fourth-order valence-electron chi connectivity index (χ4n) is 0.825. The summed E-state index contributed by atoms with van der Waals surface area (Å²) in [5.41, 5.74) is 7.26. The molecule has 0 bridgehead atoms. The van der Waals surface area contributed by atoms with Crippen molar-refractivity contribution in [3.63, 3.8) is 0 Å². The average Bonchev–Trinajstić information content (AvgIpc) is 2.32. The summed E-state index contributed by atoms with van der Waals surface area (Å²) in [4.78, 5) is 0. The molecule has 5 nitrogen and oxygen atoms in total. The molecule has 0 radical (unpaired) electrons. The van der Waals surface area contributed by atoms with Crippen LogP contribution in [-0.4, -0.2) is 12.7 Å². The van der Waals surface area contributed by atoms with E-state index in [-0.39, 0.29) is 12.4 Å². The number of nitrogens with two attached hydrogens (primary N) is 1. The van der Waals surface area contributed by atoms with Gasteiger partial charge in [-0.25, -0.2) is 8.18 Å². The number of nitrogens with one attached hydrogen (secondary N) is 1. The fourth-order valence-corrected chi connectivity index (χ4v) is 1.28. The highest BCUT2D eigenvalue weighted by Crippen LogP contribution is 2.10. The van der Waals surface area contributed by atoms with Gasteiger partial charge in [0.05, 0.1) is 6.54 Å². The average molecular weight is 193 g/mol. The van der Waals surface area contributed by atoms with Gasteiger partial charge in [-0.3, -0.25) is 4.55 Å². The minimum atomic E-state index is -2.18. The van der Waals surface area contributed by atoms with Gasteiger partial charge >= 0.3 is 0 Å². The second-order valence-corrected chi connectivity index (χ2v) is 2.99. The van der Waals surface area contributed by atoms with Gasteiger partial charge < -0.3 is 5.73 Å². The number of aromatic nitrogens is 1. The molecule has 0 spiro atoms. The summed E-state index contributed by atoms with van der Waals surface area (Å²) >= 11 is -2.18. The first-order valence-electron chi connectivity index (χ1n) is 3.06. The number of anilines is 1. The van der Waals surface area contributed by atoms with E-state index in [1.165, 1.54) is 17.8 Å². The highest BCUT2D eigenvalue weighted by molar-refractivity contribution is 7.77. The van der Waals surface area contributed by atoms with Gasteiger partial charge in [0.1, 0.15) is 5.82 Å². The van der Waals surface area contributed by atoms with Crippen LogP contribution in [0.25, 0.3) is 0 Å². The van der Waals surface area contributed by atoms with Gasteiger partial charge in [-0.2, -0.15) is 5.54 Å². The molecule has 0 aliphatic rings. The largest absolute Gasteiger partial charge is 0.384 e. The molecule has 1 aromatic rings. The molecular formula is C5H8FN3O2S. The summed E-state index contributed by atoms with van der Waals surface area (Å²) in [6, 6.07) is 1.42. The minimum Gasteiger partial charge on any atom is -0.384 e. The number of nitrogens with zero attached hydrogens (tertiary/aromatic N) is 1. The third kappa shape index (κ3) is 1.81. The van der Waals surface area contributed by atoms with Gasteiger partial charge in [0.2, 0.25) is 0 Å². The maximum Gasteiger partial charge on any atom is 0.267 e. The standard InChI is InChI=1S/C5H8FN3O2S/c6-8-2-4-1-5(7)9(3-4)12(10)11/h1,3,8H,2,7H2,(H,10,11). The first-order chi connectivity index (χ1) is 5.65. The van der Waals surface area contributed by atoms with E-state index < -0.39 is 11.3 Å². The monoisotopic (exact) mass is 193 g/mol. The molecule has 1 rings (SSSR count). The maximum atomic E-state index is 11.6. The lowest BCUT2D eigenvalue weighted by molar-refractivity contribution is 0.330. The molecule has 1 atom stereocenters. The lowest BCUT2D eigenvalue weighted by Gasteiger charge is -1.95. The number of rotatable bonds is 3. The molecule has 68 valence electrons. The summed E-state index contributed by atoms with van der Waals surface area (Å²) < 4.78 is 31.7. The zero-order valence-electron chi connectivity index (χ0n) is 6.03. The third-order valence-electron chi connectivity index (χ3n) is 1.31. The molecule has 4 N–H and O–H groups in total. The van der Waals surface area contributed by atoms with Gasteiger partial charge in [0.25, 0.3) is 11.3 Å². The minimum absolute atomic E-state index is 0.0333. The van der Waals surface area contributed by atoms with Crippen molar-refractivity contribution in [2.75, 3.05) is 5.73 Å². The molecule has 0 fully saturated rings. The second kappa shape index (κ2) is 3.65. The Hall–Kier alpha value is -0.920. The Kier molecular flexibility index (Phi) is 2.79. The fraction of sp³-hybridized carbons (Fsp3) is 0.200. The Bertz CT molecular complexity index is 301.